The third-order valence-electron chi connectivity index (χ3n) is 3.47. The molecule has 1 fully saturated rings. The Kier molecular flexibility index (Phi) is 4.12. The van der Waals surface area contributed by atoms with Crippen molar-refractivity contribution in [3.8, 4) is 0 Å². The fraction of sp³-hybridized carbons (Fsp3) is 0.429. The van der Waals surface area contributed by atoms with Gasteiger partial charge in [0.25, 0.3) is 5.91 Å². The summed E-state index contributed by atoms with van der Waals surface area (Å²) in [5.41, 5.74) is -1.93. The van der Waals surface area contributed by atoms with Gasteiger partial charge >= 0.3 is 12.1 Å². The highest BCUT2D eigenvalue weighted by Gasteiger charge is 2.40. The number of aliphatic carboxylic acids is 1. The fourth-order valence-corrected chi connectivity index (χ4v) is 2.15. The Morgan fingerprint density at radius 1 is 1.32 bits per heavy atom. The average Bonchev–Trinajstić information content (AvgIpc) is 3.22. The maximum atomic E-state index is 13.2. The number of hydrogen-bond acceptors (Lipinski definition) is 2. The van der Waals surface area contributed by atoms with Crippen molar-refractivity contribution in [2.24, 2.45) is 0 Å². The van der Waals surface area contributed by atoms with Gasteiger partial charge in [0.05, 0.1) is 5.56 Å². The number of carboxylic acids is 1. The molecule has 0 spiro atoms. The molecule has 0 heterocycles. The van der Waals surface area contributed by atoms with E-state index in [1.807, 2.05) is 0 Å². The van der Waals surface area contributed by atoms with Crippen LogP contribution in [0.25, 0.3) is 0 Å². The van der Waals surface area contributed by atoms with Crippen LogP contribution in [0.2, 0.25) is 0 Å². The van der Waals surface area contributed by atoms with Gasteiger partial charge in [0, 0.05) is 11.6 Å². The molecular formula is C14H13F4NO3. The number of halogens is 4. The van der Waals surface area contributed by atoms with E-state index in [-0.39, 0.29) is 11.6 Å². The van der Waals surface area contributed by atoms with Crippen molar-refractivity contribution < 1.29 is 32.3 Å². The van der Waals surface area contributed by atoms with Crippen LogP contribution in [0.1, 0.15) is 35.7 Å². The third kappa shape index (κ3) is 3.20. The van der Waals surface area contributed by atoms with Crippen molar-refractivity contribution >= 4 is 11.9 Å². The largest absolute Gasteiger partial charge is 0.480 e. The van der Waals surface area contributed by atoms with E-state index in [1.165, 1.54) is 6.92 Å². The number of alkyl halides is 3. The predicted molar refractivity (Wildman–Crippen MR) is 67.7 cm³/mol. The topological polar surface area (TPSA) is 57.6 Å². The van der Waals surface area contributed by atoms with Crippen molar-refractivity contribution in [2.75, 3.05) is 0 Å². The molecule has 1 aliphatic rings. The maximum Gasteiger partial charge on any atom is 0.419 e. The van der Waals surface area contributed by atoms with Gasteiger partial charge in [-0.25, -0.2) is 9.18 Å². The van der Waals surface area contributed by atoms with E-state index in [4.69, 9.17) is 5.11 Å². The van der Waals surface area contributed by atoms with Crippen molar-refractivity contribution in [3.05, 3.63) is 35.1 Å². The van der Waals surface area contributed by atoms with Gasteiger partial charge in [-0.3, -0.25) is 4.79 Å². The molecule has 0 aliphatic heterocycles. The molecular weight excluding hydrogens is 306 g/mol. The zero-order chi connectivity index (χ0) is 16.7. The highest BCUT2D eigenvalue weighted by Crippen LogP contribution is 2.34. The molecule has 120 valence electrons. The van der Waals surface area contributed by atoms with E-state index in [1.54, 1.807) is 0 Å². The molecule has 0 aromatic heterocycles. The van der Waals surface area contributed by atoms with Crippen molar-refractivity contribution in [1.82, 2.24) is 4.90 Å². The summed E-state index contributed by atoms with van der Waals surface area (Å²) in [5.74, 6) is -3.57. The summed E-state index contributed by atoms with van der Waals surface area (Å²) >= 11 is 0. The summed E-state index contributed by atoms with van der Waals surface area (Å²) in [6.07, 6.45) is -3.74. The molecule has 1 aromatic carbocycles. The predicted octanol–water partition coefficient (Wildman–Crippen LogP) is 2.92. The number of carboxylic acid groups (broad SMARTS) is 1. The Morgan fingerprint density at radius 2 is 1.91 bits per heavy atom. The lowest BCUT2D eigenvalue weighted by Gasteiger charge is -2.26. The summed E-state index contributed by atoms with van der Waals surface area (Å²) in [6.45, 7) is 1.28. The first kappa shape index (κ1) is 16.3. The van der Waals surface area contributed by atoms with Crippen LogP contribution in [0, 0.1) is 5.82 Å². The van der Waals surface area contributed by atoms with E-state index >= 15 is 0 Å². The van der Waals surface area contributed by atoms with Crippen molar-refractivity contribution in [2.45, 2.75) is 38.0 Å². The minimum atomic E-state index is -4.93. The summed E-state index contributed by atoms with van der Waals surface area (Å²) < 4.78 is 51.3. The lowest BCUT2D eigenvalue weighted by Crippen LogP contribution is -2.44. The second-order valence-electron chi connectivity index (χ2n) is 5.15. The van der Waals surface area contributed by atoms with E-state index in [0.717, 1.165) is 11.0 Å². The van der Waals surface area contributed by atoms with E-state index in [0.29, 0.717) is 25.0 Å². The van der Waals surface area contributed by atoms with Gasteiger partial charge in [-0.05, 0) is 38.0 Å². The number of amides is 1. The average molecular weight is 319 g/mol. The number of carbonyl (C=O) groups is 2. The summed E-state index contributed by atoms with van der Waals surface area (Å²) in [5, 5.41) is 9.02. The van der Waals surface area contributed by atoms with E-state index in [2.05, 4.69) is 0 Å². The van der Waals surface area contributed by atoms with Crippen LogP contribution >= 0.6 is 0 Å². The van der Waals surface area contributed by atoms with Crippen LogP contribution < -0.4 is 0 Å². The minimum absolute atomic E-state index is 0.307. The van der Waals surface area contributed by atoms with Crippen LogP contribution in [0.15, 0.2) is 18.2 Å². The molecule has 1 saturated carbocycles. The SMILES string of the molecule is CC(C(=O)O)N(C(=O)c1ccc(F)c(C(F)(F)F)c1)C1CC1. The lowest BCUT2D eigenvalue weighted by molar-refractivity contribution is -0.142. The van der Waals surface area contributed by atoms with Gasteiger partial charge in [0.2, 0.25) is 0 Å². The van der Waals surface area contributed by atoms with Gasteiger partial charge in [-0.1, -0.05) is 0 Å². The Bertz CT molecular complexity index is 611. The molecule has 1 amide bonds. The molecule has 1 aliphatic carbocycles. The first-order valence-electron chi connectivity index (χ1n) is 6.55. The van der Waals surface area contributed by atoms with Gasteiger partial charge < -0.3 is 10.0 Å². The normalized spacial score (nSPS) is 16.2. The molecule has 1 aromatic rings. The van der Waals surface area contributed by atoms with Gasteiger partial charge in [0.15, 0.2) is 0 Å². The number of benzene rings is 1. The zero-order valence-corrected chi connectivity index (χ0v) is 11.5. The smallest absolute Gasteiger partial charge is 0.419 e. The molecule has 0 saturated heterocycles. The van der Waals surface area contributed by atoms with Gasteiger partial charge in [-0.2, -0.15) is 13.2 Å². The Morgan fingerprint density at radius 3 is 2.36 bits per heavy atom. The zero-order valence-electron chi connectivity index (χ0n) is 11.5. The molecule has 0 bridgehead atoms. The Hall–Kier alpha value is -2.12. The fourth-order valence-electron chi connectivity index (χ4n) is 2.15. The third-order valence-corrected chi connectivity index (χ3v) is 3.47. The lowest BCUT2D eigenvalue weighted by atomic mass is 10.1. The number of nitrogens with zero attached hydrogens (tertiary/aromatic N) is 1. The summed E-state index contributed by atoms with van der Waals surface area (Å²) in [7, 11) is 0. The number of rotatable bonds is 4. The standard InChI is InChI=1S/C14H13F4NO3/c1-7(13(21)22)19(9-3-4-9)12(20)8-2-5-11(15)10(6-8)14(16,17)18/h2,5-7,9H,3-4H2,1H3,(H,21,22). The molecule has 2 rings (SSSR count). The number of carbonyl (C=O) groups excluding carboxylic acids is 1. The highest BCUT2D eigenvalue weighted by molar-refractivity contribution is 5.97. The second-order valence-corrected chi connectivity index (χ2v) is 5.15. The first-order valence-corrected chi connectivity index (χ1v) is 6.55. The summed E-state index contributed by atoms with van der Waals surface area (Å²) in [6, 6.07) is 0.433. The van der Waals surface area contributed by atoms with E-state index < -0.39 is 35.5 Å². The Balaban J connectivity index is 2.37. The van der Waals surface area contributed by atoms with Crippen molar-refractivity contribution in [1.29, 1.82) is 0 Å². The maximum absolute atomic E-state index is 13.2. The molecule has 0 radical (unpaired) electrons. The van der Waals surface area contributed by atoms with Crippen LogP contribution in [0.5, 0.6) is 0 Å². The molecule has 4 nitrogen and oxygen atoms in total. The van der Waals surface area contributed by atoms with Crippen LogP contribution in [0.3, 0.4) is 0 Å². The van der Waals surface area contributed by atoms with E-state index in [9.17, 15) is 27.2 Å². The Labute approximate surface area is 123 Å². The highest BCUT2D eigenvalue weighted by atomic mass is 19.4. The number of hydrogen-bond donors (Lipinski definition) is 1. The first-order chi connectivity index (χ1) is 10.1. The van der Waals surface area contributed by atoms with Crippen LogP contribution in [-0.2, 0) is 11.0 Å². The monoisotopic (exact) mass is 319 g/mol. The molecule has 8 heteroatoms. The van der Waals surface area contributed by atoms with Gasteiger partial charge in [-0.15, -0.1) is 0 Å². The molecule has 1 atom stereocenters. The van der Waals surface area contributed by atoms with Crippen LogP contribution in [0.4, 0.5) is 17.6 Å². The van der Waals surface area contributed by atoms with Gasteiger partial charge in [0.1, 0.15) is 11.9 Å². The molecule has 1 unspecified atom stereocenters. The molecule has 1 N–H and O–H groups in total. The molecule has 22 heavy (non-hydrogen) atoms. The minimum Gasteiger partial charge on any atom is -0.480 e. The summed E-state index contributed by atoms with van der Waals surface area (Å²) in [4.78, 5) is 24.4. The van der Waals surface area contributed by atoms with Crippen LogP contribution in [-0.4, -0.2) is 34.0 Å². The van der Waals surface area contributed by atoms with Crippen molar-refractivity contribution in [3.63, 3.8) is 0 Å². The quantitative estimate of drug-likeness (QED) is 0.868. The second kappa shape index (κ2) is 5.58.